The minimum absolute atomic E-state index is 0.121. The van der Waals surface area contributed by atoms with Crippen LogP contribution < -0.4 is 16.0 Å². The van der Waals surface area contributed by atoms with E-state index in [2.05, 4.69) is 24.2 Å². The molecule has 0 aromatic heterocycles. The van der Waals surface area contributed by atoms with Gasteiger partial charge < -0.3 is 9.64 Å². The smallest absolute Gasteiger partial charge is 0.265 e. The molecule has 1 heterocycles. The van der Waals surface area contributed by atoms with Crippen LogP contribution in [-0.4, -0.2) is 59.9 Å². The van der Waals surface area contributed by atoms with Gasteiger partial charge in [0.1, 0.15) is 5.75 Å². The molecule has 1 aromatic carbocycles. The van der Waals surface area contributed by atoms with E-state index in [1.807, 2.05) is 4.90 Å². The lowest BCUT2D eigenvalue weighted by Crippen LogP contribution is -2.52. The van der Waals surface area contributed by atoms with Gasteiger partial charge in [0, 0.05) is 43.7 Å². The number of rotatable bonds is 5. The molecule has 0 bridgehead atoms. The third-order valence-corrected chi connectivity index (χ3v) is 5.93. The number of benzene rings is 1. The summed E-state index contributed by atoms with van der Waals surface area (Å²) in [6.07, 6.45) is 3.64. The van der Waals surface area contributed by atoms with Crippen molar-refractivity contribution < 1.29 is 14.3 Å². The molecule has 154 valence electrons. The van der Waals surface area contributed by atoms with Gasteiger partial charge in [-0.25, -0.2) is 5.84 Å². The maximum atomic E-state index is 12.8. The van der Waals surface area contributed by atoms with E-state index in [0.29, 0.717) is 17.5 Å². The lowest BCUT2D eigenvalue weighted by atomic mass is 9.86. The Hall–Kier alpha value is -2.12. The maximum absolute atomic E-state index is 12.8. The second-order valence-corrected chi connectivity index (χ2v) is 8.04. The number of nitrogens with zero attached hydrogens (tertiary/aromatic N) is 2. The molecular weight excluding hydrogens is 356 g/mol. The molecule has 1 saturated heterocycles. The van der Waals surface area contributed by atoms with E-state index >= 15 is 0 Å². The van der Waals surface area contributed by atoms with Gasteiger partial charge in [0.25, 0.3) is 5.91 Å². The first-order chi connectivity index (χ1) is 13.5. The lowest BCUT2D eigenvalue weighted by Gasteiger charge is -2.39. The fourth-order valence-corrected chi connectivity index (χ4v) is 4.11. The highest BCUT2D eigenvalue weighted by molar-refractivity contribution is 5.93. The molecule has 1 saturated carbocycles. The van der Waals surface area contributed by atoms with Gasteiger partial charge in [-0.1, -0.05) is 0 Å². The van der Waals surface area contributed by atoms with E-state index in [0.717, 1.165) is 57.6 Å². The largest absolute Gasteiger partial charge is 0.490 e. The highest BCUT2D eigenvalue weighted by Gasteiger charge is 2.32. The van der Waals surface area contributed by atoms with Gasteiger partial charge >= 0.3 is 0 Å². The molecule has 2 amide bonds. The summed E-state index contributed by atoms with van der Waals surface area (Å²) in [6, 6.07) is 7.52. The van der Waals surface area contributed by atoms with Crippen molar-refractivity contribution in [3.63, 3.8) is 0 Å². The number of nitrogens with one attached hydrogen (secondary N) is 1. The van der Waals surface area contributed by atoms with E-state index in [4.69, 9.17) is 10.6 Å². The Labute approximate surface area is 167 Å². The number of hydrogen-bond acceptors (Lipinski definition) is 5. The number of hydrogen-bond donors (Lipinski definition) is 2. The van der Waals surface area contributed by atoms with Gasteiger partial charge in [0.15, 0.2) is 0 Å². The van der Waals surface area contributed by atoms with E-state index in [9.17, 15) is 9.59 Å². The molecule has 0 radical (unpaired) electrons. The zero-order valence-corrected chi connectivity index (χ0v) is 16.9. The number of piperazine rings is 1. The van der Waals surface area contributed by atoms with Gasteiger partial charge in [-0.2, -0.15) is 0 Å². The Morgan fingerprint density at radius 1 is 1.04 bits per heavy atom. The Morgan fingerprint density at radius 3 is 2.18 bits per heavy atom. The Balaban J connectivity index is 1.44. The summed E-state index contributed by atoms with van der Waals surface area (Å²) in [6.45, 7) is 8.05. The molecule has 1 aliphatic heterocycles. The van der Waals surface area contributed by atoms with Crippen LogP contribution in [0, 0.1) is 5.92 Å². The van der Waals surface area contributed by atoms with E-state index in [1.54, 1.807) is 24.3 Å². The number of amides is 2. The third kappa shape index (κ3) is 5.02. The number of nitrogens with two attached hydrogens (primary N) is 1. The first kappa shape index (κ1) is 20.6. The number of carbonyl (C=O) groups is 2. The van der Waals surface area contributed by atoms with Gasteiger partial charge in [-0.3, -0.25) is 19.9 Å². The fraction of sp³-hybridized carbons (Fsp3) is 0.619. The second-order valence-electron chi connectivity index (χ2n) is 8.04. The molecule has 0 unspecified atom stereocenters. The summed E-state index contributed by atoms with van der Waals surface area (Å²) in [5.41, 5.74) is 2.62. The topological polar surface area (TPSA) is 87.9 Å². The van der Waals surface area contributed by atoms with Crippen molar-refractivity contribution in [3.8, 4) is 5.75 Å². The van der Waals surface area contributed by atoms with Crippen molar-refractivity contribution in [1.82, 2.24) is 15.2 Å². The number of nitrogen functional groups attached to an aromatic ring is 1. The summed E-state index contributed by atoms with van der Waals surface area (Å²) in [5, 5.41) is 0. The summed E-state index contributed by atoms with van der Waals surface area (Å²) in [7, 11) is 0. The summed E-state index contributed by atoms with van der Waals surface area (Å²) in [5.74, 6) is 6.01. The van der Waals surface area contributed by atoms with Crippen LogP contribution in [0.15, 0.2) is 24.3 Å². The van der Waals surface area contributed by atoms with Crippen molar-refractivity contribution >= 4 is 11.8 Å². The molecule has 28 heavy (non-hydrogen) atoms. The van der Waals surface area contributed by atoms with Gasteiger partial charge in [0.2, 0.25) is 5.91 Å². The molecule has 1 aliphatic carbocycles. The lowest BCUT2D eigenvalue weighted by molar-refractivity contribution is -0.139. The molecule has 0 spiro atoms. The summed E-state index contributed by atoms with van der Waals surface area (Å²) < 4.78 is 6.04. The first-order valence-electron chi connectivity index (χ1n) is 10.3. The number of carbonyl (C=O) groups excluding carboxylic acids is 2. The van der Waals surface area contributed by atoms with Crippen molar-refractivity contribution in [2.45, 2.75) is 51.7 Å². The Bertz CT molecular complexity index is 661. The van der Waals surface area contributed by atoms with E-state index < -0.39 is 0 Å². The van der Waals surface area contributed by atoms with Crippen LogP contribution in [0.4, 0.5) is 0 Å². The molecule has 3 N–H and O–H groups in total. The quantitative estimate of drug-likeness (QED) is 0.456. The maximum Gasteiger partial charge on any atom is 0.265 e. The molecule has 1 aromatic rings. The van der Waals surface area contributed by atoms with Crippen LogP contribution >= 0.6 is 0 Å². The zero-order valence-electron chi connectivity index (χ0n) is 16.9. The number of hydrazine groups is 1. The standard InChI is InChI=1S/C21H32N4O3/c1-15(2)24-11-13-25(14-12-24)21(27)17-5-9-19(10-6-17)28-18-7-3-16(4-8-18)20(26)23-22/h3-4,7-8,15,17,19H,5-6,9-14,22H2,1-2H3,(H,23,26)/t17-,19-. The summed E-state index contributed by atoms with van der Waals surface area (Å²) >= 11 is 0. The highest BCUT2D eigenvalue weighted by Crippen LogP contribution is 2.29. The average Bonchev–Trinajstić information content (AvgIpc) is 2.74. The van der Waals surface area contributed by atoms with Crippen LogP contribution in [0.5, 0.6) is 5.75 Å². The van der Waals surface area contributed by atoms with Crippen molar-refractivity contribution in [1.29, 1.82) is 0 Å². The summed E-state index contributed by atoms with van der Waals surface area (Å²) in [4.78, 5) is 28.8. The molecular formula is C21H32N4O3. The van der Waals surface area contributed by atoms with Crippen molar-refractivity contribution in [3.05, 3.63) is 29.8 Å². The molecule has 3 rings (SSSR count). The van der Waals surface area contributed by atoms with Gasteiger partial charge in [-0.05, 0) is 63.8 Å². The van der Waals surface area contributed by atoms with Crippen molar-refractivity contribution in [2.24, 2.45) is 11.8 Å². The van der Waals surface area contributed by atoms with Crippen LogP contribution in [-0.2, 0) is 4.79 Å². The normalized spacial score (nSPS) is 23.5. The predicted molar refractivity (Wildman–Crippen MR) is 108 cm³/mol. The minimum atomic E-state index is -0.320. The minimum Gasteiger partial charge on any atom is -0.490 e. The molecule has 7 nitrogen and oxygen atoms in total. The molecule has 0 atom stereocenters. The Kier molecular flexibility index (Phi) is 6.91. The van der Waals surface area contributed by atoms with Crippen LogP contribution in [0.25, 0.3) is 0 Å². The first-order valence-corrected chi connectivity index (χ1v) is 10.3. The van der Waals surface area contributed by atoms with Crippen molar-refractivity contribution in [2.75, 3.05) is 26.2 Å². The molecule has 7 heteroatoms. The van der Waals surface area contributed by atoms with Gasteiger partial charge in [-0.15, -0.1) is 0 Å². The van der Waals surface area contributed by atoms with Crippen LogP contribution in [0.2, 0.25) is 0 Å². The predicted octanol–water partition coefficient (Wildman–Crippen LogP) is 1.78. The van der Waals surface area contributed by atoms with E-state index in [1.165, 1.54) is 0 Å². The Morgan fingerprint density at radius 2 is 1.64 bits per heavy atom. The monoisotopic (exact) mass is 388 g/mol. The van der Waals surface area contributed by atoms with Crippen LogP contribution in [0.1, 0.15) is 49.9 Å². The zero-order chi connectivity index (χ0) is 20.1. The van der Waals surface area contributed by atoms with Gasteiger partial charge in [0.05, 0.1) is 6.10 Å². The highest BCUT2D eigenvalue weighted by atomic mass is 16.5. The second kappa shape index (κ2) is 9.39. The third-order valence-electron chi connectivity index (χ3n) is 5.93. The van der Waals surface area contributed by atoms with Crippen LogP contribution in [0.3, 0.4) is 0 Å². The SMILES string of the molecule is CC(C)N1CCN(C(=O)[C@H]2CC[C@H](Oc3ccc(C(=O)NN)cc3)CC2)CC1. The molecule has 2 aliphatic rings. The fourth-order valence-electron chi connectivity index (χ4n) is 4.11. The molecule has 2 fully saturated rings. The number of ether oxygens (including phenoxy) is 1. The average molecular weight is 389 g/mol. The van der Waals surface area contributed by atoms with E-state index in [-0.39, 0.29) is 17.9 Å².